The molecule has 0 aliphatic carbocycles. The van der Waals surface area contributed by atoms with Crippen molar-refractivity contribution in [2.75, 3.05) is 0 Å². The molecule has 2 N–H and O–H groups in total. The Balaban J connectivity index is 1.87. The van der Waals surface area contributed by atoms with Crippen molar-refractivity contribution in [3.8, 4) is 5.75 Å². The van der Waals surface area contributed by atoms with Gasteiger partial charge in [0, 0.05) is 0 Å². The number of aliphatic hydroxyl groups is 1. The van der Waals surface area contributed by atoms with Crippen LogP contribution in [0.5, 0.6) is 5.75 Å². The van der Waals surface area contributed by atoms with Gasteiger partial charge >= 0.3 is 7.32 Å². The SMILES string of the molecule is CC(C)(O)C(C)(C)OB(O)Oc1ccc(CCc2ccccc2)cc1. The summed E-state index contributed by atoms with van der Waals surface area (Å²) in [5.74, 6) is 0.516. The first-order valence-electron chi connectivity index (χ1n) is 8.55. The van der Waals surface area contributed by atoms with E-state index in [4.69, 9.17) is 9.31 Å². The van der Waals surface area contributed by atoms with Crippen LogP contribution >= 0.6 is 0 Å². The van der Waals surface area contributed by atoms with Crippen LogP contribution in [0.15, 0.2) is 54.6 Å². The van der Waals surface area contributed by atoms with Gasteiger partial charge in [0.05, 0.1) is 11.2 Å². The van der Waals surface area contributed by atoms with Gasteiger partial charge in [-0.15, -0.1) is 0 Å². The second-order valence-corrected chi connectivity index (χ2v) is 7.24. The summed E-state index contributed by atoms with van der Waals surface area (Å²) >= 11 is 0. The third-order valence-corrected chi connectivity index (χ3v) is 4.57. The normalized spacial score (nSPS) is 12.1. The smallest absolute Gasteiger partial charge is 0.512 e. The van der Waals surface area contributed by atoms with Gasteiger partial charge in [0.2, 0.25) is 0 Å². The van der Waals surface area contributed by atoms with E-state index in [0.717, 1.165) is 12.8 Å². The molecule has 25 heavy (non-hydrogen) atoms. The van der Waals surface area contributed by atoms with Crippen molar-refractivity contribution >= 4 is 7.32 Å². The van der Waals surface area contributed by atoms with Crippen LogP contribution in [0.4, 0.5) is 0 Å². The van der Waals surface area contributed by atoms with E-state index in [1.54, 1.807) is 27.7 Å². The van der Waals surface area contributed by atoms with Gasteiger partial charge < -0.3 is 19.4 Å². The maximum absolute atomic E-state index is 10.1. The molecule has 134 valence electrons. The molecule has 0 aliphatic heterocycles. The molecule has 2 aromatic carbocycles. The van der Waals surface area contributed by atoms with E-state index in [0.29, 0.717) is 5.75 Å². The topological polar surface area (TPSA) is 58.9 Å². The Morgan fingerprint density at radius 1 is 0.840 bits per heavy atom. The number of rotatable bonds is 8. The molecule has 5 heteroatoms. The summed E-state index contributed by atoms with van der Waals surface area (Å²) in [7, 11) is -1.45. The summed E-state index contributed by atoms with van der Waals surface area (Å²) in [6.07, 6.45) is 1.92. The maximum Gasteiger partial charge on any atom is 0.710 e. The van der Waals surface area contributed by atoms with E-state index in [1.807, 2.05) is 42.5 Å². The Kier molecular flexibility index (Phi) is 6.28. The molecule has 0 saturated heterocycles. The molecule has 0 atom stereocenters. The lowest BCUT2D eigenvalue weighted by atomic mass is 9.88. The highest BCUT2D eigenvalue weighted by molar-refractivity contribution is 6.35. The molecule has 0 aliphatic rings. The number of hydrogen-bond acceptors (Lipinski definition) is 4. The van der Waals surface area contributed by atoms with Crippen molar-refractivity contribution in [2.24, 2.45) is 0 Å². The Hall–Kier alpha value is -1.82. The molecule has 4 nitrogen and oxygen atoms in total. The van der Waals surface area contributed by atoms with Crippen molar-refractivity contribution in [1.29, 1.82) is 0 Å². The first-order valence-corrected chi connectivity index (χ1v) is 8.55. The van der Waals surface area contributed by atoms with Crippen LogP contribution in [0, 0.1) is 0 Å². The molecule has 0 spiro atoms. The molecule has 0 radical (unpaired) electrons. The fourth-order valence-electron chi connectivity index (χ4n) is 2.20. The zero-order chi connectivity index (χ0) is 18.5. The van der Waals surface area contributed by atoms with Gasteiger partial charge in [0.15, 0.2) is 0 Å². The highest BCUT2D eigenvalue weighted by Gasteiger charge is 2.40. The minimum absolute atomic E-state index is 0.516. The molecule has 0 aromatic heterocycles. The third-order valence-electron chi connectivity index (χ3n) is 4.57. The average Bonchev–Trinajstić information content (AvgIpc) is 2.53. The lowest BCUT2D eigenvalue weighted by Gasteiger charge is -2.37. The summed E-state index contributed by atoms with van der Waals surface area (Å²) in [6.45, 7) is 6.65. The van der Waals surface area contributed by atoms with Crippen LogP contribution in [0.3, 0.4) is 0 Å². The minimum Gasteiger partial charge on any atom is -0.512 e. The fraction of sp³-hybridized carbons (Fsp3) is 0.400. The van der Waals surface area contributed by atoms with Crippen LogP contribution in [0.2, 0.25) is 0 Å². The van der Waals surface area contributed by atoms with Crippen LogP contribution in [0.1, 0.15) is 38.8 Å². The highest BCUT2D eigenvalue weighted by atomic mass is 16.7. The van der Waals surface area contributed by atoms with Gasteiger partial charge in [-0.2, -0.15) is 0 Å². The fourth-order valence-corrected chi connectivity index (χ4v) is 2.20. The molecular weight excluding hydrogens is 315 g/mol. The van der Waals surface area contributed by atoms with Crippen molar-refractivity contribution in [3.63, 3.8) is 0 Å². The van der Waals surface area contributed by atoms with Crippen molar-refractivity contribution in [3.05, 3.63) is 65.7 Å². The van der Waals surface area contributed by atoms with Gasteiger partial charge in [-0.1, -0.05) is 42.5 Å². The lowest BCUT2D eigenvalue weighted by Crippen LogP contribution is -2.51. The van der Waals surface area contributed by atoms with E-state index in [9.17, 15) is 10.1 Å². The quantitative estimate of drug-likeness (QED) is 0.722. The van der Waals surface area contributed by atoms with E-state index >= 15 is 0 Å². The predicted molar refractivity (Wildman–Crippen MR) is 100 cm³/mol. The molecule has 0 heterocycles. The average molecular weight is 342 g/mol. The van der Waals surface area contributed by atoms with Crippen LogP contribution in [-0.4, -0.2) is 28.7 Å². The largest absolute Gasteiger partial charge is 0.710 e. The molecule has 2 aromatic rings. The maximum atomic E-state index is 10.1. The zero-order valence-electron chi connectivity index (χ0n) is 15.4. The first-order chi connectivity index (χ1) is 11.7. The zero-order valence-corrected chi connectivity index (χ0v) is 15.4. The molecule has 0 amide bonds. The second-order valence-electron chi connectivity index (χ2n) is 7.24. The van der Waals surface area contributed by atoms with Gasteiger partial charge in [0.25, 0.3) is 0 Å². The molecule has 0 unspecified atom stereocenters. The highest BCUT2D eigenvalue weighted by Crippen LogP contribution is 2.26. The second kappa shape index (κ2) is 8.04. The van der Waals surface area contributed by atoms with E-state index < -0.39 is 18.5 Å². The van der Waals surface area contributed by atoms with Crippen molar-refractivity contribution in [1.82, 2.24) is 0 Å². The summed E-state index contributed by atoms with van der Waals surface area (Å²) in [4.78, 5) is 0. The number of benzene rings is 2. The summed E-state index contributed by atoms with van der Waals surface area (Å²) in [5, 5.41) is 20.0. The Morgan fingerprint density at radius 2 is 1.36 bits per heavy atom. The van der Waals surface area contributed by atoms with Gasteiger partial charge in [0.1, 0.15) is 5.75 Å². The number of aryl methyl sites for hydroxylation is 2. The van der Waals surface area contributed by atoms with Gasteiger partial charge in [-0.25, -0.2) is 0 Å². The minimum atomic E-state index is -1.45. The molecule has 0 bridgehead atoms. The molecule has 0 saturated carbocycles. The number of hydrogen-bond donors (Lipinski definition) is 2. The van der Waals surface area contributed by atoms with Crippen LogP contribution in [0.25, 0.3) is 0 Å². The molecule has 2 rings (SSSR count). The monoisotopic (exact) mass is 342 g/mol. The molecule has 0 fully saturated rings. The first kappa shape index (κ1) is 19.5. The van der Waals surface area contributed by atoms with E-state index in [-0.39, 0.29) is 0 Å². The Morgan fingerprint density at radius 3 is 1.88 bits per heavy atom. The van der Waals surface area contributed by atoms with Crippen molar-refractivity contribution in [2.45, 2.75) is 51.7 Å². The lowest BCUT2D eigenvalue weighted by molar-refractivity contribution is -0.108. The summed E-state index contributed by atoms with van der Waals surface area (Å²) in [6, 6.07) is 17.9. The summed E-state index contributed by atoms with van der Waals surface area (Å²) in [5.41, 5.74) is 0.435. The molecular formula is C20H27BO4. The van der Waals surface area contributed by atoms with Crippen molar-refractivity contribution < 1.29 is 19.4 Å². The standard InChI is InChI=1S/C20H27BO4/c1-19(2,22)20(3,4)25-21(23)24-18-14-12-17(13-15-18)11-10-16-8-6-5-7-9-16/h5-9,12-15,22-23H,10-11H2,1-4H3. The van der Waals surface area contributed by atoms with E-state index in [1.165, 1.54) is 11.1 Å². The van der Waals surface area contributed by atoms with Crippen LogP contribution in [-0.2, 0) is 17.5 Å². The van der Waals surface area contributed by atoms with Gasteiger partial charge in [-0.3, -0.25) is 0 Å². The van der Waals surface area contributed by atoms with Crippen LogP contribution < -0.4 is 4.65 Å². The Bertz CT molecular complexity index is 648. The van der Waals surface area contributed by atoms with Gasteiger partial charge in [-0.05, 0) is 63.8 Å². The van der Waals surface area contributed by atoms with E-state index in [2.05, 4.69) is 12.1 Å². The predicted octanol–water partition coefficient (Wildman–Crippen LogP) is 3.39. The third kappa shape index (κ3) is 5.89. The Labute approximate surface area is 150 Å². The summed E-state index contributed by atoms with van der Waals surface area (Å²) < 4.78 is 10.8.